The Kier molecular flexibility index (Phi) is 9.76. The molecule has 23 heavy (non-hydrogen) atoms. The van der Waals surface area contributed by atoms with Crippen molar-refractivity contribution in [1.82, 2.24) is 0 Å². The van der Waals surface area contributed by atoms with Crippen molar-refractivity contribution in [3.05, 3.63) is 33.8 Å². The van der Waals surface area contributed by atoms with Gasteiger partial charge in [0.15, 0.2) is 0 Å². The number of carbonyl (C=O) groups excluding carboxylic acids is 1. The van der Waals surface area contributed by atoms with Gasteiger partial charge in [0.1, 0.15) is 35.5 Å². The van der Waals surface area contributed by atoms with Crippen LogP contribution in [0, 0.1) is 6.92 Å². The lowest BCUT2D eigenvalue weighted by atomic mass is 10.1. The number of benzene rings is 1. The van der Waals surface area contributed by atoms with E-state index < -0.39 is 0 Å². The van der Waals surface area contributed by atoms with Crippen LogP contribution in [0.15, 0.2) is 22.7 Å². The Labute approximate surface area is 147 Å². The molecule has 0 unspecified atom stereocenters. The zero-order chi connectivity index (χ0) is 17.1. The summed E-state index contributed by atoms with van der Waals surface area (Å²) >= 11 is 11.1. The first-order valence-corrected chi connectivity index (χ1v) is 8.25. The second-order valence-electron chi connectivity index (χ2n) is 4.83. The van der Waals surface area contributed by atoms with Crippen LogP contribution in [0.1, 0.15) is 24.5 Å². The summed E-state index contributed by atoms with van der Waals surface area (Å²) in [4.78, 5) is 10.1. The second kappa shape index (κ2) is 11.3. The number of hydrogen-bond donors (Lipinski definition) is 0. The van der Waals surface area contributed by atoms with E-state index in [1.165, 1.54) is 0 Å². The molecule has 0 heterocycles. The molecular weight excluding hydrogens is 339 g/mol. The molecule has 6 heteroatoms. The largest absolute Gasteiger partial charge is 0.493 e. The molecule has 1 rings (SSSR count). The van der Waals surface area contributed by atoms with Gasteiger partial charge in [-0.25, -0.2) is 0 Å². The molecule has 1 aromatic rings. The van der Waals surface area contributed by atoms with Crippen molar-refractivity contribution in [2.24, 2.45) is 0 Å². The maximum atomic E-state index is 10.1. The minimum absolute atomic E-state index is 0.131. The van der Waals surface area contributed by atoms with Crippen LogP contribution in [0.25, 0.3) is 0 Å². The third kappa shape index (κ3) is 7.73. The third-order valence-corrected chi connectivity index (χ3v) is 3.37. The molecule has 0 atom stereocenters. The van der Waals surface area contributed by atoms with Crippen LogP contribution in [0.4, 0.5) is 0 Å². The number of aryl methyl sites for hydroxylation is 2. The Morgan fingerprint density at radius 2 is 1.96 bits per heavy atom. The Bertz CT molecular complexity index is 526. The molecule has 0 spiro atoms. The zero-order valence-electron chi connectivity index (χ0n) is 13.4. The Hall–Kier alpha value is -1.23. The van der Waals surface area contributed by atoms with E-state index in [1.807, 2.05) is 19.1 Å². The molecule has 0 aliphatic heterocycles. The van der Waals surface area contributed by atoms with Crippen LogP contribution in [-0.2, 0) is 16.0 Å². The minimum atomic E-state index is 0.131. The second-order valence-corrected chi connectivity index (χ2v) is 5.84. The smallest absolute Gasteiger partial charge is 0.145 e. The fourth-order valence-electron chi connectivity index (χ4n) is 2.03. The fraction of sp³-hybridized carbons (Fsp3) is 0.471. The summed E-state index contributed by atoms with van der Waals surface area (Å²) in [5, 5.41) is 0. The molecule has 0 fully saturated rings. The maximum Gasteiger partial charge on any atom is 0.145 e. The molecule has 0 aliphatic carbocycles. The number of carbonyl (C=O) groups is 1. The predicted octanol–water partition coefficient (Wildman–Crippen LogP) is 4.24. The van der Waals surface area contributed by atoms with Gasteiger partial charge in [0.25, 0.3) is 0 Å². The highest BCUT2D eigenvalue weighted by molar-refractivity contribution is 6.55. The first kappa shape index (κ1) is 19.8. The fourth-order valence-corrected chi connectivity index (χ4v) is 2.16. The SMILES string of the molecule is CCc1cc(OCC=C(Cl)Cl)cc(C)c1OCCCOCC=O. The molecule has 0 radical (unpaired) electrons. The highest BCUT2D eigenvalue weighted by Crippen LogP contribution is 2.30. The summed E-state index contributed by atoms with van der Waals surface area (Å²) in [5.41, 5.74) is 2.09. The van der Waals surface area contributed by atoms with Gasteiger partial charge in [-0.05, 0) is 42.7 Å². The lowest BCUT2D eigenvalue weighted by Gasteiger charge is -2.15. The van der Waals surface area contributed by atoms with Crippen LogP contribution in [-0.4, -0.2) is 32.7 Å². The van der Waals surface area contributed by atoms with Gasteiger partial charge in [-0.1, -0.05) is 30.1 Å². The monoisotopic (exact) mass is 360 g/mol. The van der Waals surface area contributed by atoms with Crippen LogP contribution in [0.3, 0.4) is 0 Å². The Balaban J connectivity index is 2.61. The average Bonchev–Trinajstić information content (AvgIpc) is 2.51. The van der Waals surface area contributed by atoms with Gasteiger partial charge in [0.2, 0.25) is 0 Å². The number of ether oxygens (including phenoxy) is 3. The summed E-state index contributed by atoms with van der Waals surface area (Å²) < 4.78 is 16.8. The van der Waals surface area contributed by atoms with Crippen molar-refractivity contribution >= 4 is 29.5 Å². The van der Waals surface area contributed by atoms with Gasteiger partial charge in [-0.3, -0.25) is 0 Å². The maximum absolute atomic E-state index is 10.1. The predicted molar refractivity (Wildman–Crippen MR) is 92.8 cm³/mol. The van der Waals surface area contributed by atoms with Crippen LogP contribution in [0.5, 0.6) is 11.5 Å². The van der Waals surface area contributed by atoms with Crippen molar-refractivity contribution in [3.8, 4) is 11.5 Å². The van der Waals surface area contributed by atoms with Crippen molar-refractivity contribution < 1.29 is 19.0 Å². The summed E-state index contributed by atoms with van der Waals surface area (Å²) in [6.07, 6.45) is 3.90. The van der Waals surface area contributed by atoms with Crippen molar-refractivity contribution in [2.45, 2.75) is 26.7 Å². The van der Waals surface area contributed by atoms with Crippen LogP contribution >= 0.6 is 23.2 Å². The average molecular weight is 361 g/mol. The molecule has 0 amide bonds. The highest BCUT2D eigenvalue weighted by Gasteiger charge is 2.09. The minimum Gasteiger partial charge on any atom is -0.493 e. The molecular formula is C17H22Cl2O4. The van der Waals surface area contributed by atoms with Gasteiger partial charge in [-0.2, -0.15) is 0 Å². The zero-order valence-corrected chi connectivity index (χ0v) is 15.0. The van der Waals surface area contributed by atoms with Crippen molar-refractivity contribution in [1.29, 1.82) is 0 Å². The molecule has 0 N–H and O–H groups in total. The van der Waals surface area contributed by atoms with E-state index in [9.17, 15) is 4.79 Å². The summed E-state index contributed by atoms with van der Waals surface area (Å²) in [6.45, 7) is 5.54. The summed E-state index contributed by atoms with van der Waals surface area (Å²) in [5.74, 6) is 1.63. The summed E-state index contributed by atoms with van der Waals surface area (Å²) in [7, 11) is 0. The quantitative estimate of drug-likeness (QED) is 0.437. The standard InChI is InChI=1S/C17H22Cl2O4/c1-3-14-12-15(22-9-5-16(18)19)11-13(2)17(14)23-8-4-7-21-10-6-20/h5-6,11-12H,3-4,7-10H2,1-2H3. The third-order valence-electron chi connectivity index (χ3n) is 3.06. The molecule has 4 nitrogen and oxygen atoms in total. The first-order chi connectivity index (χ1) is 11.1. The lowest BCUT2D eigenvalue weighted by molar-refractivity contribution is -0.111. The van der Waals surface area contributed by atoms with Crippen LogP contribution in [0.2, 0.25) is 0 Å². The molecule has 0 saturated heterocycles. The van der Waals surface area contributed by atoms with Gasteiger partial charge in [0.05, 0.1) is 13.2 Å². The van der Waals surface area contributed by atoms with E-state index >= 15 is 0 Å². The van der Waals surface area contributed by atoms with Crippen molar-refractivity contribution in [3.63, 3.8) is 0 Å². The molecule has 1 aromatic carbocycles. The molecule has 0 aromatic heterocycles. The van der Waals surface area contributed by atoms with Gasteiger partial charge < -0.3 is 19.0 Å². The Morgan fingerprint density at radius 3 is 2.61 bits per heavy atom. The molecule has 0 aliphatic rings. The van der Waals surface area contributed by atoms with E-state index in [2.05, 4.69) is 6.92 Å². The van der Waals surface area contributed by atoms with E-state index in [0.29, 0.717) is 19.8 Å². The van der Waals surface area contributed by atoms with E-state index in [0.717, 1.165) is 41.8 Å². The highest BCUT2D eigenvalue weighted by atomic mass is 35.5. The topological polar surface area (TPSA) is 44.8 Å². The molecule has 0 saturated carbocycles. The molecule has 128 valence electrons. The molecule has 0 bridgehead atoms. The lowest BCUT2D eigenvalue weighted by Crippen LogP contribution is -2.07. The van der Waals surface area contributed by atoms with Gasteiger partial charge in [0, 0.05) is 6.42 Å². The van der Waals surface area contributed by atoms with Gasteiger partial charge in [-0.15, -0.1) is 0 Å². The normalized spacial score (nSPS) is 10.3. The first-order valence-electron chi connectivity index (χ1n) is 7.50. The Morgan fingerprint density at radius 1 is 1.17 bits per heavy atom. The van der Waals surface area contributed by atoms with E-state index in [-0.39, 0.29) is 11.1 Å². The summed E-state index contributed by atoms with van der Waals surface area (Å²) in [6, 6.07) is 3.88. The number of aldehydes is 1. The number of hydrogen-bond acceptors (Lipinski definition) is 4. The van der Waals surface area contributed by atoms with Crippen molar-refractivity contribution in [2.75, 3.05) is 26.4 Å². The van der Waals surface area contributed by atoms with Crippen LogP contribution < -0.4 is 9.47 Å². The van der Waals surface area contributed by atoms with Gasteiger partial charge >= 0.3 is 0 Å². The van der Waals surface area contributed by atoms with E-state index in [1.54, 1.807) is 6.08 Å². The number of rotatable bonds is 11. The number of halogens is 2. The van der Waals surface area contributed by atoms with E-state index in [4.69, 9.17) is 37.4 Å².